The van der Waals surface area contributed by atoms with Crippen LogP contribution in [0.25, 0.3) is 0 Å². The Morgan fingerprint density at radius 3 is 2.32 bits per heavy atom. The van der Waals surface area contributed by atoms with Gasteiger partial charge in [0.2, 0.25) is 0 Å². The predicted molar refractivity (Wildman–Crippen MR) is 125 cm³/mol. The average Bonchev–Trinajstić information content (AvgIpc) is 2.96. The molecule has 4 saturated carbocycles. The van der Waals surface area contributed by atoms with Gasteiger partial charge in [-0.2, -0.15) is 0 Å². The first kappa shape index (κ1) is 20.4. The molecule has 0 aliphatic heterocycles. The lowest BCUT2D eigenvalue weighted by Crippen LogP contribution is -2.32. The number of carbonyl (C=O) groups excluding carboxylic acids is 1. The van der Waals surface area contributed by atoms with Crippen LogP contribution in [0.2, 0.25) is 0 Å². The van der Waals surface area contributed by atoms with E-state index in [4.69, 9.17) is 4.74 Å². The van der Waals surface area contributed by atoms with Crippen LogP contribution in [0.3, 0.4) is 0 Å². The van der Waals surface area contributed by atoms with Crippen molar-refractivity contribution >= 4 is 17.3 Å². The van der Waals surface area contributed by atoms with E-state index in [1.165, 1.54) is 44.1 Å². The Morgan fingerprint density at radius 2 is 1.61 bits per heavy atom. The molecule has 0 heterocycles. The van der Waals surface area contributed by atoms with Crippen molar-refractivity contribution in [2.75, 3.05) is 17.2 Å². The van der Waals surface area contributed by atoms with Crippen LogP contribution >= 0.6 is 0 Å². The van der Waals surface area contributed by atoms with Crippen LogP contribution < -0.4 is 10.6 Å². The number of benzene rings is 2. The van der Waals surface area contributed by atoms with Crippen molar-refractivity contribution in [3.8, 4) is 0 Å². The van der Waals surface area contributed by atoms with Gasteiger partial charge in [0.05, 0.1) is 23.5 Å². The number of anilines is 2. The minimum Gasteiger partial charge on any atom is -0.462 e. The van der Waals surface area contributed by atoms with Crippen LogP contribution in [-0.2, 0) is 11.3 Å². The second-order valence-electron chi connectivity index (χ2n) is 9.84. The fourth-order valence-electron chi connectivity index (χ4n) is 6.44. The van der Waals surface area contributed by atoms with E-state index in [9.17, 15) is 4.79 Å². The highest BCUT2D eigenvalue weighted by Gasteiger charge is 2.43. The zero-order valence-corrected chi connectivity index (χ0v) is 18.5. The SMILES string of the molecule is CCOC(=O)c1ccc(NC2CC3CC4CC(C3)CC2C4)c(NCc2ccccc2)c1. The molecule has 4 bridgehead atoms. The fraction of sp³-hybridized carbons (Fsp3) is 0.519. The molecule has 31 heavy (non-hydrogen) atoms. The largest absolute Gasteiger partial charge is 0.462 e. The second kappa shape index (κ2) is 8.94. The van der Waals surface area contributed by atoms with E-state index in [0.717, 1.165) is 41.6 Å². The van der Waals surface area contributed by atoms with Gasteiger partial charge in [-0.05, 0) is 92.9 Å². The quantitative estimate of drug-likeness (QED) is 0.533. The Hall–Kier alpha value is -2.49. The maximum atomic E-state index is 12.3. The monoisotopic (exact) mass is 418 g/mol. The Labute approximate surface area is 185 Å². The highest BCUT2D eigenvalue weighted by Crippen LogP contribution is 2.51. The van der Waals surface area contributed by atoms with E-state index in [1.54, 1.807) is 0 Å². The lowest BCUT2D eigenvalue weighted by atomic mass is 9.67. The molecule has 3 atom stereocenters. The third-order valence-electron chi connectivity index (χ3n) is 7.63. The van der Waals surface area contributed by atoms with Crippen molar-refractivity contribution in [1.82, 2.24) is 0 Å². The summed E-state index contributed by atoms with van der Waals surface area (Å²) >= 11 is 0. The molecular formula is C27H34N2O2. The molecule has 164 valence electrons. The van der Waals surface area contributed by atoms with Crippen molar-refractivity contribution in [3.05, 3.63) is 59.7 Å². The van der Waals surface area contributed by atoms with Crippen LogP contribution in [0.5, 0.6) is 0 Å². The van der Waals surface area contributed by atoms with E-state index in [0.29, 0.717) is 18.2 Å². The number of rotatable bonds is 7. The van der Waals surface area contributed by atoms with Gasteiger partial charge in [-0.3, -0.25) is 0 Å². The molecule has 4 nitrogen and oxygen atoms in total. The maximum absolute atomic E-state index is 12.3. The molecule has 4 heteroatoms. The minimum absolute atomic E-state index is 0.262. The van der Waals surface area contributed by atoms with Gasteiger partial charge < -0.3 is 15.4 Å². The topological polar surface area (TPSA) is 50.4 Å². The number of hydrogen-bond donors (Lipinski definition) is 2. The van der Waals surface area contributed by atoms with Gasteiger partial charge in [-0.15, -0.1) is 0 Å². The average molecular weight is 419 g/mol. The third kappa shape index (κ3) is 4.58. The summed E-state index contributed by atoms with van der Waals surface area (Å²) < 4.78 is 5.24. The van der Waals surface area contributed by atoms with E-state index in [-0.39, 0.29) is 5.97 Å². The molecule has 0 amide bonds. The van der Waals surface area contributed by atoms with Crippen LogP contribution in [-0.4, -0.2) is 18.6 Å². The van der Waals surface area contributed by atoms with Crippen LogP contribution in [0, 0.1) is 23.7 Å². The maximum Gasteiger partial charge on any atom is 0.338 e. The highest BCUT2D eigenvalue weighted by atomic mass is 16.5. The Balaban J connectivity index is 1.38. The molecule has 0 aromatic heterocycles. The normalized spacial score (nSPS) is 28.7. The standard InChI is InChI=1S/C27H34N2O2/c1-2-31-27(30)22-8-9-24(26(16-22)28-17-18-6-4-3-5-7-18)29-25-15-21-11-19-10-20(12-21)14-23(25)13-19/h3-9,16,19-21,23,25,28-29H,2,10-15,17H2,1H3. The summed E-state index contributed by atoms with van der Waals surface area (Å²) in [4.78, 5) is 12.3. The van der Waals surface area contributed by atoms with Gasteiger partial charge in [0.1, 0.15) is 0 Å². The van der Waals surface area contributed by atoms with Gasteiger partial charge in [0.15, 0.2) is 0 Å². The van der Waals surface area contributed by atoms with Gasteiger partial charge >= 0.3 is 5.97 Å². The number of carbonyl (C=O) groups is 1. The Morgan fingerprint density at radius 1 is 0.903 bits per heavy atom. The number of nitrogens with one attached hydrogen (secondary N) is 2. The number of hydrogen-bond acceptors (Lipinski definition) is 4. The molecule has 0 saturated heterocycles. The molecule has 0 radical (unpaired) electrons. The predicted octanol–water partition coefficient (Wildman–Crippen LogP) is 6.10. The molecule has 2 aromatic carbocycles. The summed E-state index contributed by atoms with van der Waals surface area (Å²) in [7, 11) is 0. The fourth-order valence-corrected chi connectivity index (χ4v) is 6.44. The van der Waals surface area contributed by atoms with Crippen molar-refractivity contribution in [2.45, 2.75) is 58.0 Å². The number of ether oxygens (including phenoxy) is 1. The molecule has 4 aliphatic carbocycles. The van der Waals surface area contributed by atoms with Gasteiger partial charge in [-0.25, -0.2) is 4.79 Å². The smallest absolute Gasteiger partial charge is 0.338 e. The van der Waals surface area contributed by atoms with Crippen LogP contribution in [0.4, 0.5) is 11.4 Å². The minimum atomic E-state index is -0.262. The van der Waals surface area contributed by atoms with Crippen molar-refractivity contribution in [1.29, 1.82) is 0 Å². The molecule has 6 rings (SSSR count). The zero-order valence-electron chi connectivity index (χ0n) is 18.5. The number of fused-ring (bicyclic) bond motifs is 1. The van der Waals surface area contributed by atoms with Crippen molar-refractivity contribution < 1.29 is 9.53 Å². The van der Waals surface area contributed by atoms with Gasteiger partial charge in [0, 0.05) is 12.6 Å². The Kier molecular flexibility index (Phi) is 5.89. The van der Waals surface area contributed by atoms with Gasteiger partial charge in [0.25, 0.3) is 0 Å². The molecule has 4 fully saturated rings. The van der Waals surface area contributed by atoms with E-state index >= 15 is 0 Å². The van der Waals surface area contributed by atoms with Crippen molar-refractivity contribution in [2.24, 2.45) is 23.7 Å². The summed E-state index contributed by atoms with van der Waals surface area (Å²) in [5, 5.41) is 7.50. The molecule has 0 spiro atoms. The molecule has 2 N–H and O–H groups in total. The second-order valence-corrected chi connectivity index (χ2v) is 9.84. The molecular weight excluding hydrogens is 384 g/mol. The first-order valence-electron chi connectivity index (χ1n) is 12.0. The summed E-state index contributed by atoms with van der Waals surface area (Å²) in [5.41, 5.74) is 3.91. The van der Waals surface area contributed by atoms with Crippen LogP contribution in [0.1, 0.15) is 61.4 Å². The van der Waals surface area contributed by atoms with Crippen molar-refractivity contribution in [3.63, 3.8) is 0 Å². The van der Waals surface area contributed by atoms with E-state index in [2.05, 4.69) is 41.0 Å². The summed E-state index contributed by atoms with van der Waals surface area (Å²) in [5.74, 6) is 3.31. The molecule has 3 unspecified atom stereocenters. The molecule has 4 aliphatic rings. The summed E-state index contributed by atoms with van der Waals surface area (Å²) in [6, 6.07) is 16.8. The third-order valence-corrected chi connectivity index (χ3v) is 7.63. The zero-order chi connectivity index (χ0) is 21.2. The summed E-state index contributed by atoms with van der Waals surface area (Å²) in [6.07, 6.45) is 8.40. The van der Waals surface area contributed by atoms with E-state index in [1.807, 2.05) is 25.1 Å². The number of esters is 1. The lowest BCUT2D eigenvalue weighted by Gasteiger charge is -2.39. The summed E-state index contributed by atoms with van der Waals surface area (Å²) in [6.45, 7) is 2.96. The molecule has 2 aromatic rings. The Bertz CT molecular complexity index is 899. The van der Waals surface area contributed by atoms with Crippen LogP contribution in [0.15, 0.2) is 48.5 Å². The first-order chi connectivity index (χ1) is 15.2. The van der Waals surface area contributed by atoms with E-state index < -0.39 is 0 Å². The first-order valence-corrected chi connectivity index (χ1v) is 12.0. The lowest BCUT2D eigenvalue weighted by molar-refractivity contribution is 0.0526. The highest BCUT2D eigenvalue weighted by molar-refractivity contribution is 5.92. The van der Waals surface area contributed by atoms with Gasteiger partial charge in [-0.1, -0.05) is 30.3 Å².